The van der Waals surface area contributed by atoms with Gasteiger partial charge in [0.05, 0.1) is 0 Å². The molecule has 0 aromatic heterocycles. The quantitative estimate of drug-likeness (QED) is 0.634. The third-order valence-corrected chi connectivity index (χ3v) is 4.38. The highest BCUT2D eigenvalue weighted by Gasteiger charge is 2.27. The lowest BCUT2D eigenvalue weighted by atomic mass is 9.98. The molecule has 0 unspecified atom stereocenters. The van der Waals surface area contributed by atoms with Gasteiger partial charge in [-0.3, -0.25) is 0 Å². The van der Waals surface area contributed by atoms with Crippen LogP contribution in [0.25, 0.3) is 0 Å². The van der Waals surface area contributed by atoms with E-state index in [2.05, 4.69) is 13.1 Å². The summed E-state index contributed by atoms with van der Waals surface area (Å²) in [7, 11) is -0.00570. The molecule has 0 aromatic carbocycles. The Kier molecular flexibility index (Phi) is 3.74. The zero-order valence-electron chi connectivity index (χ0n) is 8.43. The van der Waals surface area contributed by atoms with Crippen molar-refractivity contribution in [2.24, 2.45) is 0 Å². The van der Waals surface area contributed by atoms with Gasteiger partial charge in [-0.05, 0) is 25.9 Å². The first-order valence-electron chi connectivity index (χ1n) is 4.87. The Morgan fingerprint density at radius 2 is 1.67 bits per heavy atom. The van der Waals surface area contributed by atoms with Crippen LogP contribution in [-0.2, 0) is 8.85 Å². The smallest absolute Gasteiger partial charge is 0.331 e. The molecule has 0 heterocycles. The Hall–Kier alpha value is 0.137. The van der Waals surface area contributed by atoms with Gasteiger partial charge in [-0.2, -0.15) is 0 Å². The van der Waals surface area contributed by atoms with Gasteiger partial charge >= 0.3 is 8.56 Å². The van der Waals surface area contributed by atoms with Crippen LogP contribution >= 0.6 is 0 Å². The molecule has 0 radical (unpaired) electrons. The van der Waals surface area contributed by atoms with E-state index in [1.165, 1.54) is 32.1 Å². The van der Waals surface area contributed by atoms with Gasteiger partial charge in [0, 0.05) is 13.2 Å². The second-order valence-corrected chi connectivity index (χ2v) is 7.43. The zero-order valence-corrected chi connectivity index (χ0v) is 9.43. The van der Waals surface area contributed by atoms with Crippen LogP contribution < -0.4 is 0 Å². The molecule has 2 nitrogen and oxygen atoms in total. The van der Waals surface area contributed by atoms with Crippen molar-refractivity contribution in [3.05, 3.63) is 0 Å². The normalized spacial score (nSPS) is 21.2. The molecule has 0 saturated heterocycles. The van der Waals surface area contributed by atoms with E-state index in [4.69, 9.17) is 8.85 Å². The van der Waals surface area contributed by atoms with Crippen LogP contribution in [0, 0.1) is 0 Å². The predicted octanol–water partition coefficient (Wildman–Crippen LogP) is 2.68. The molecule has 0 aliphatic heterocycles. The lowest BCUT2D eigenvalue weighted by Gasteiger charge is -2.29. The molecule has 1 rings (SSSR count). The van der Waals surface area contributed by atoms with Gasteiger partial charge in [0.1, 0.15) is 0 Å². The molecule has 0 aromatic rings. The van der Waals surface area contributed by atoms with E-state index < -0.39 is 8.56 Å². The summed E-state index contributed by atoms with van der Waals surface area (Å²) in [5.74, 6) is 0. The standard InChI is InChI=1S/C9H20O2Si/c1-10-12(2,3)11-9-7-5-4-6-8-9/h9H,4-8H2,1-3H3. The summed E-state index contributed by atoms with van der Waals surface area (Å²) >= 11 is 0. The highest BCUT2D eigenvalue weighted by atomic mass is 28.4. The summed E-state index contributed by atoms with van der Waals surface area (Å²) < 4.78 is 11.3. The molecular weight excluding hydrogens is 168 g/mol. The van der Waals surface area contributed by atoms with Crippen LogP contribution in [-0.4, -0.2) is 21.8 Å². The van der Waals surface area contributed by atoms with E-state index in [1.54, 1.807) is 7.11 Å². The van der Waals surface area contributed by atoms with Crippen LogP contribution in [0.3, 0.4) is 0 Å². The van der Waals surface area contributed by atoms with Crippen molar-refractivity contribution >= 4 is 8.56 Å². The summed E-state index contributed by atoms with van der Waals surface area (Å²) in [5.41, 5.74) is 0. The van der Waals surface area contributed by atoms with E-state index in [1.807, 2.05) is 0 Å². The summed E-state index contributed by atoms with van der Waals surface area (Å²) in [5, 5.41) is 0. The fourth-order valence-corrected chi connectivity index (χ4v) is 2.77. The van der Waals surface area contributed by atoms with Gasteiger partial charge in [0.2, 0.25) is 0 Å². The molecule has 1 aliphatic rings. The monoisotopic (exact) mass is 188 g/mol. The maximum Gasteiger partial charge on any atom is 0.331 e. The first-order chi connectivity index (χ1) is 5.64. The Bertz CT molecular complexity index is 130. The molecular formula is C9H20O2Si. The van der Waals surface area contributed by atoms with Gasteiger partial charge in [-0.15, -0.1) is 0 Å². The topological polar surface area (TPSA) is 18.5 Å². The fourth-order valence-electron chi connectivity index (χ4n) is 1.63. The molecule has 1 saturated carbocycles. The summed E-state index contributed by atoms with van der Waals surface area (Å²) in [6.45, 7) is 4.23. The Labute approximate surface area is 76.5 Å². The number of rotatable bonds is 3. The maximum absolute atomic E-state index is 5.94. The molecule has 1 aliphatic carbocycles. The minimum Gasteiger partial charge on any atom is -0.398 e. The third kappa shape index (κ3) is 3.25. The minimum atomic E-state index is -1.76. The average Bonchev–Trinajstić information content (AvgIpc) is 2.06. The first-order valence-corrected chi connectivity index (χ1v) is 7.69. The van der Waals surface area contributed by atoms with Crippen molar-refractivity contribution in [1.82, 2.24) is 0 Å². The van der Waals surface area contributed by atoms with E-state index in [0.717, 1.165) is 0 Å². The van der Waals surface area contributed by atoms with E-state index in [0.29, 0.717) is 6.10 Å². The average molecular weight is 188 g/mol. The van der Waals surface area contributed by atoms with Crippen molar-refractivity contribution < 1.29 is 8.85 Å². The highest BCUT2D eigenvalue weighted by Crippen LogP contribution is 2.23. The van der Waals surface area contributed by atoms with E-state index >= 15 is 0 Å². The van der Waals surface area contributed by atoms with Crippen molar-refractivity contribution in [1.29, 1.82) is 0 Å². The molecule has 0 atom stereocenters. The molecule has 3 heteroatoms. The molecule has 0 spiro atoms. The maximum atomic E-state index is 5.94. The highest BCUT2D eigenvalue weighted by molar-refractivity contribution is 6.64. The van der Waals surface area contributed by atoms with Crippen LogP contribution in [0.4, 0.5) is 0 Å². The predicted molar refractivity (Wildman–Crippen MR) is 52.4 cm³/mol. The second-order valence-electron chi connectivity index (χ2n) is 3.98. The molecule has 0 bridgehead atoms. The van der Waals surface area contributed by atoms with Gasteiger partial charge in [-0.25, -0.2) is 0 Å². The molecule has 72 valence electrons. The minimum absolute atomic E-state index is 0.486. The van der Waals surface area contributed by atoms with Crippen molar-refractivity contribution in [3.8, 4) is 0 Å². The first kappa shape index (κ1) is 10.2. The molecule has 1 fully saturated rings. The number of hydrogen-bond acceptors (Lipinski definition) is 2. The second kappa shape index (κ2) is 4.39. The summed E-state index contributed by atoms with van der Waals surface area (Å²) in [6, 6.07) is 0. The lowest BCUT2D eigenvalue weighted by Crippen LogP contribution is -2.38. The molecule has 0 N–H and O–H groups in total. The molecule has 0 amide bonds. The zero-order chi connectivity index (χ0) is 9.03. The third-order valence-electron chi connectivity index (χ3n) is 2.49. The SMILES string of the molecule is CO[Si](C)(C)OC1CCCCC1. The van der Waals surface area contributed by atoms with Crippen molar-refractivity contribution in [2.45, 2.75) is 51.3 Å². The van der Waals surface area contributed by atoms with E-state index in [-0.39, 0.29) is 0 Å². The van der Waals surface area contributed by atoms with Crippen molar-refractivity contribution in [3.63, 3.8) is 0 Å². The van der Waals surface area contributed by atoms with Gasteiger partial charge in [-0.1, -0.05) is 19.3 Å². The van der Waals surface area contributed by atoms with Crippen molar-refractivity contribution in [2.75, 3.05) is 7.11 Å². The van der Waals surface area contributed by atoms with E-state index in [9.17, 15) is 0 Å². The lowest BCUT2D eigenvalue weighted by molar-refractivity contribution is 0.105. The largest absolute Gasteiger partial charge is 0.398 e. The number of hydrogen-bond donors (Lipinski definition) is 0. The fraction of sp³-hybridized carbons (Fsp3) is 1.00. The van der Waals surface area contributed by atoms with Gasteiger partial charge in [0.15, 0.2) is 0 Å². The summed E-state index contributed by atoms with van der Waals surface area (Å²) in [6.07, 6.45) is 7.01. The summed E-state index contributed by atoms with van der Waals surface area (Å²) in [4.78, 5) is 0. The van der Waals surface area contributed by atoms with Gasteiger partial charge in [0.25, 0.3) is 0 Å². The van der Waals surface area contributed by atoms with Crippen LogP contribution in [0.15, 0.2) is 0 Å². The Balaban J connectivity index is 2.28. The molecule has 12 heavy (non-hydrogen) atoms. The van der Waals surface area contributed by atoms with Crippen LogP contribution in [0.2, 0.25) is 13.1 Å². The Morgan fingerprint density at radius 1 is 1.08 bits per heavy atom. The van der Waals surface area contributed by atoms with Crippen LogP contribution in [0.5, 0.6) is 0 Å². The Morgan fingerprint density at radius 3 is 2.17 bits per heavy atom. The van der Waals surface area contributed by atoms with Gasteiger partial charge < -0.3 is 8.85 Å². The van der Waals surface area contributed by atoms with Crippen LogP contribution in [0.1, 0.15) is 32.1 Å².